The van der Waals surface area contributed by atoms with Gasteiger partial charge in [-0.1, -0.05) is 23.2 Å². The van der Waals surface area contributed by atoms with Crippen LogP contribution in [0.3, 0.4) is 0 Å². The van der Waals surface area contributed by atoms with E-state index in [4.69, 9.17) is 28.3 Å². The molecule has 2 aromatic carbocycles. The number of aliphatic hydroxyl groups excluding tert-OH is 1. The van der Waals surface area contributed by atoms with Crippen molar-refractivity contribution in [3.63, 3.8) is 0 Å². The van der Waals surface area contributed by atoms with Crippen LogP contribution in [0.1, 0.15) is 19.8 Å². The van der Waals surface area contributed by atoms with Crippen molar-refractivity contribution in [2.45, 2.75) is 30.7 Å². The molecule has 0 aliphatic carbocycles. The Kier molecular flexibility index (Phi) is 6.68. The van der Waals surface area contributed by atoms with Crippen LogP contribution in [0.15, 0.2) is 47.4 Å². The largest absolute Gasteiger partial charge is 0.396 e. The van der Waals surface area contributed by atoms with E-state index in [0.29, 0.717) is 17.9 Å². The number of nitrogens with zero attached hydrogens (tertiary/aromatic N) is 1. The summed E-state index contributed by atoms with van der Waals surface area (Å²) in [7, 11) is -4.03. The van der Waals surface area contributed by atoms with Crippen LogP contribution in [0, 0.1) is 5.82 Å². The van der Waals surface area contributed by atoms with Crippen LogP contribution in [0.2, 0.25) is 10.0 Å². The molecule has 0 aromatic heterocycles. The molecule has 136 valence electrons. The molecule has 4 nitrogen and oxygen atoms in total. The smallest absolute Gasteiger partial charge is 0.264 e. The molecule has 0 heterocycles. The van der Waals surface area contributed by atoms with E-state index in [9.17, 15) is 12.8 Å². The van der Waals surface area contributed by atoms with Crippen molar-refractivity contribution in [1.82, 2.24) is 0 Å². The van der Waals surface area contributed by atoms with Crippen LogP contribution in [0.25, 0.3) is 0 Å². The fourth-order valence-electron chi connectivity index (χ4n) is 2.49. The number of sulfonamides is 1. The number of hydrogen-bond donors (Lipinski definition) is 1. The van der Waals surface area contributed by atoms with Gasteiger partial charge in [-0.15, -0.1) is 0 Å². The van der Waals surface area contributed by atoms with Gasteiger partial charge in [-0.2, -0.15) is 0 Å². The SMILES string of the molecule is CC(CCCO)N(c1ccc(Cl)cc1F)S(=O)(=O)c1ccc(Cl)cc1. The zero-order chi connectivity index (χ0) is 18.6. The predicted molar refractivity (Wildman–Crippen MR) is 98.3 cm³/mol. The first-order valence-corrected chi connectivity index (χ1v) is 9.83. The summed E-state index contributed by atoms with van der Waals surface area (Å²) in [4.78, 5) is 0.00194. The van der Waals surface area contributed by atoms with E-state index in [1.165, 1.54) is 36.4 Å². The molecule has 1 unspecified atom stereocenters. The van der Waals surface area contributed by atoms with Crippen LogP contribution in [0.4, 0.5) is 10.1 Å². The molecule has 0 saturated heterocycles. The van der Waals surface area contributed by atoms with E-state index >= 15 is 0 Å². The fourth-order valence-corrected chi connectivity index (χ4v) is 4.47. The predicted octanol–water partition coefficient (Wildman–Crippen LogP) is 4.49. The Morgan fingerprint density at radius 1 is 1.12 bits per heavy atom. The Labute approximate surface area is 156 Å². The quantitative estimate of drug-likeness (QED) is 0.737. The summed E-state index contributed by atoms with van der Waals surface area (Å²) in [5.41, 5.74) is -0.0928. The van der Waals surface area contributed by atoms with Gasteiger partial charge in [-0.3, -0.25) is 4.31 Å². The van der Waals surface area contributed by atoms with Gasteiger partial charge in [0.1, 0.15) is 5.82 Å². The zero-order valence-electron chi connectivity index (χ0n) is 13.5. The van der Waals surface area contributed by atoms with Crippen molar-refractivity contribution >= 4 is 38.9 Å². The molecule has 0 aliphatic heterocycles. The number of hydrogen-bond acceptors (Lipinski definition) is 3. The maximum absolute atomic E-state index is 14.4. The first-order chi connectivity index (χ1) is 11.8. The third-order valence-electron chi connectivity index (χ3n) is 3.70. The Bertz CT molecular complexity index is 828. The molecule has 0 amide bonds. The third-order valence-corrected chi connectivity index (χ3v) is 6.13. The average molecular weight is 406 g/mol. The lowest BCUT2D eigenvalue weighted by molar-refractivity contribution is 0.281. The minimum atomic E-state index is -4.03. The van der Waals surface area contributed by atoms with E-state index in [0.717, 1.165) is 10.4 Å². The molecular formula is C17H18Cl2FNO3S. The van der Waals surface area contributed by atoms with Crippen LogP contribution in [-0.2, 0) is 10.0 Å². The van der Waals surface area contributed by atoms with Gasteiger partial charge < -0.3 is 5.11 Å². The monoisotopic (exact) mass is 405 g/mol. The Balaban J connectivity index is 2.55. The van der Waals surface area contributed by atoms with E-state index in [1.807, 2.05) is 0 Å². The lowest BCUT2D eigenvalue weighted by Crippen LogP contribution is -2.39. The van der Waals surface area contributed by atoms with E-state index in [2.05, 4.69) is 0 Å². The molecule has 0 spiro atoms. The Morgan fingerprint density at radius 2 is 1.72 bits per heavy atom. The second-order valence-electron chi connectivity index (χ2n) is 5.57. The highest BCUT2D eigenvalue weighted by atomic mass is 35.5. The van der Waals surface area contributed by atoms with Crippen molar-refractivity contribution in [1.29, 1.82) is 0 Å². The minimum absolute atomic E-state index is 0.00194. The summed E-state index contributed by atoms with van der Waals surface area (Å²) in [5, 5.41) is 9.61. The molecular weight excluding hydrogens is 388 g/mol. The summed E-state index contributed by atoms with van der Waals surface area (Å²) in [6.45, 7) is 1.58. The summed E-state index contributed by atoms with van der Waals surface area (Å²) >= 11 is 11.6. The normalized spacial score (nSPS) is 12.8. The van der Waals surface area contributed by atoms with Crippen LogP contribution in [-0.4, -0.2) is 26.2 Å². The standard InChI is InChI=1S/C17H18Cl2FNO3S/c1-12(3-2-10-22)21(17-9-6-14(19)11-16(17)20)25(23,24)15-7-4-13(18)5-8-15/h4-9,11-12,22H,2-3,10H2,1H3. The third kappa shape index (κ3) is 4.64. The van der Waals surface area contributed by atoms with Gasteiger partial charge >= 0.3 is 0 Å². The minimum Gasteiger partial charge on any atom is -0.396 e. The molecule has 2 rings (SSSR count). The Hall–Kier alpha value is -1.34. The van der Waals surface area contributed by atoms with Gasteiger partial charge in [0.2, 0.25) is 0 Å². The maximum Gasteiger partial charge on any atom is 0.264 e. The zero-order valence-corrected chi connectivity index (χ0v) is 15.8. The second-order valence-corrected chi connectivity index (χ2v) is 8.25. The van der Waals surface area contributed by atoms with Crippen molar-refractivity contribution in [2.75, 3.05) is 10.9 Å². The maximum atomic E-state index is 14.4. The molecule has 25 heavy (non-hydrogen) atoms. The molecule has 0 saturated carbocycles. The van der Waals surface area contributed by atoms with E-state index in [1.54, 1.807) is 6.92 Å². The van der Waals surface area contributed by atoms with Crippen LogP contribution >= 0.6 is 23.2 Å². The van der Waals surface area contributed by atoms with Crippen LogP contribution in [0.5, 0.6) is 0 Å². The topological polar surface area (TPSA) is 57.6 Å². The van der Waals surface area contributed by atoms with Crippen molar-refractivity contribution < 1.29 is 17.9 Å². The number of halogens is 3. The molecule has 2 aromatic rings. The lowest BCUT2D eigenvalue weighted by Gasteiger charge is -2.31. The molecule has 0 fully saturated rings. The van der Waals surface area contributed by atoms with Gasteiger partial charge in [0, 0.05) is 22.7 Å². The van der Waals surface area contributed by atoms with E-state index in [-0.39, 0.29) is 22.2 Å². The highest BCUT2D eigenvalue weighted by Crippen LogP contribution is 2.31. The first kappa shape index (κ1) is 20.0. The fraction of sp³-hybridized carbons (Fsp3) is 0.294. The number of rotatable bonds is 7. The summed E-state index contributed by atoms with van der Waals surface area (Å²) in [5.74, 6) is -0.735. The molecule has 0 radical (unpaired) electrons. The molecule has 0 bridgehead atoms. The summed E-state index contributed by atoms with van der Waals surface area (Å²) in [6, 6.07) is 8.94. The van der Waals surface area contributed by atoms with Gasteiger partial charge in [0.05, 0.1) is 10.6 Å². The van der Waals surface area contributed by atoms with E-state index < -0.39 is 21.9 Å². The van der Waals surface area contributed by atoms with Gasteiger partial charge in [-0.25, -0.2) is 12.8 Å². The average Bonchev–Trinajstić information content (AvgIpc) is 2.55. The molecule has 8 heteroatoms. The van der Waals surface area contributed by atoms with Crippen LogP contribution < -0.4 is 4.31 Å². The highest BCUT2D eigenvalue weighted by molar-refractivity contribution is 7.92. The number of aliphatic hydroxyl groups is 1. The van der Waals surface area contributed by atoms with Gasteiger partial charge in [0.15, 0.2) is 0 Å². The lowest BCUT2D eigenvalue weighted by atomic mass is 10.1. The number of anilines is 1. The Morgan fingerprint density at radius 3 is 2.28 bits per heavy atom. The molecule has 1 N–H and O–H groups in total. The molecule has 1 atom stereocenters. The highest BCUT2D eigenvalue weighted by Gasteiger charge is 2.31. The van der Waals surface area contributed by atoms with Gasteiger partial charge in [-0.05, 0) is 62.2 Å². The van der Waals surface area contributed by atoms with Crippen molar-refractivity contribution in [3.05, 3.63) is 58.3 Å². The molecule has 0 aliphatic rings. The van der Waals surface area contributed by atoms with Crippen molar-refractivity contribution in [2.24, 2.45) is 0 Å². The van der Waals surface area contributed by atoms with Crippen molar-refractivity contribution in [3.8, 4) is 0 Å². The second kappa shape index (κ2) is 8.36. The first-order valence-electron chi connectivity index (χ1n) is 7.63. The van der Waals surface area contributed by atoms with Gasteiger partial charge in [0.25, 0.3) is 10.0 Å². The summed E-state index contributed by atoms with van der Waals surface area (Å²) in [6.07, 6.45) is 0.758. The summed E-state index contributed by atoms with van der Waals surface area (Å²) < 4.78 is 41.7. The number of benzene rings is 2.